The average Bonchev–Trinajstić information content (AvgIpc) is 2.47. The molecule has 0 amide bonds. The predicted molar refractivity (Wildman–Crippen MR) is 72.8 cm³/mol. The Morgan fingerprint density at radius 3 is 1.00 bits per heavy atom. The van der Waals surface area contributed by atoms with E-state index in [1.54, 1.807) is 0 Å². The summed E-state index contributed by atoms with van der Waals surface area (Å²) in [5.74, 6) is 0. The van der Waals surface area contributed by atoms with Crippen LogP contribution in [-0.4, -0.2) is 37.3 Å². The van der Waals surface area contributed by atoms with Crippen LogP contribution in [0.1, 0.15) is 53.4 Å². The second kappa shape index (κ2) is 11.8. The van der Waals surface area contributed by atoms with E-state index in [1.807, 2.05) is 0 Å². The van der Waals surface area contributed by atoms with Gasteiger partial charge in [-0.15, -0.1) is 0 Å². The fraction of sp³-hybridized carbons (Fsp3) is 1.00. The van der Waals surface area contributed by atoms with E-state index in [0.717, 1.165) is 25.7 Å². The maximum atomic E-state index is 11.6. The largest absolute Gasteiger partial charge is 0.445 e. The molecule has 2 unspecified atom stereocenters. The van der Waals surface area contributed by atoms with Crippen molar-refractivity contribution >= 4 is 0 Å². The van der Waals surface area contributed by atoms with Crippen LogP contribution in [0.2, 0.25) is 0 Å². The average molecular weight is 376 g/mol. The van der Waals surface area contributed by atoms with Gasteiger partial charge in [-0.3, -0.25) is 4.74 Å². The van der Waals surface area contributed by atoms with Gasteiger partial charge in [0.1, 0.15) is 0 Å². The number of rotatable bonds is 8. The fourth-order valence-electron chi connectivity index (χ4n) is 1.49. The lowest BCUT2D eigenvalue weighted by molar-refractivity contribution is -0.344. The van der Waals surface area contributed by atoms with Crippen LogP contribution in [0.4, 0.5) is 35.1 Å². The Morgan fingerprint density at radius 1 is 0.583 bits per heavy atom. The maximum Gasteiger partial charge on any atom is 0.445 e. The minimum absolute atomic E-state index is 0.486. The van der Waals surface area contributed by atoms with Gasteiger partial charge in [0, 0.05) is 0 Å². The van der Waals surface area contributed by atoms with Crippen LogP contribution >= 0.6 is 0 Å². The monoisotopic (exact) mass is 376 g/mol. The maximum absolute atomic E-state index is 11.6. The zero-order valence-corrected chi connectivity index (χ0v) is 14.0. The first kappa shape index (κ1) is 25.6. The summed E-state index contributed by atoms with van der Waals surface area (Å²) >= 11 is 0. The van der Waals surface area contributed by atoms with E-state index in [1.165, 1.54) is 0 Å². The van der Waals surface area contributed by atoms with Crippen molar-refractivity contribution in [1.82, 2.24) is 0 Å². The van der Waals surface area contributed by atoms with Gasteiger partial charge in [-0.25, -0.2) is 8.78 Å². The van der Waals surface area contributed by atoms with Crippen LogP contribution in [0.5, 0.6) is 0 Å². The molecular weight excluding hydrogens is 352 g/mol. The zero-order valence-electron chi connectivity index (χ0n) is 14.0. The number of alkyl halides is 8. The van der Waals surface area contributed by atoms with Gasteiger partial charge in [0.25, 0.3) is 12.7 Å². The number of hydrogen-bond acceptors (Lipinski definition) is 2. The van der Waals surface area contributed by atoms with Crippen LogP contribution in [0.25, 0.3) is 0 Å². The Labute approximate surface area is 136 Å². The van der Waals surface area contributed by atoms with Gasteiger partial charge in [-0.05, 0) is 25.7 Å². The minimum atomic E-state index is -5.67. The summed E-state index contributed by atoms with van der Waals surface area (Å²) in [6.45, 7) is 8.76. The highest BCUT2D eigenvalue weighted by molar-refractivity contribution is 4.60. The van der Waals surface area contributed by atoms with Gasteiger partial charge in [-0.2, -0.15) is 26.3 Å². The molecule has 10 heteroatoms. The van der Waals surface area contributed by atoms with E-state index in [9.17, 15) is 35.1 Å². The van der Waals surface area contributed by atoms with Crippen molar-refractivity contribution in [3.8, 4) is 0 Å². The second-order valence-electron chi connectivity index (χ2n) is 4.86. The third-order valence-electron chi connectivity index (χ3n) is 2.96. The molecule has 0 fully saturated rings. The summed E-state index contributed by atoms with van der Waals surface area (Å²) < 4.78 is 98.4. The molecule has 148 valence electrons. The molecular formula is C14H24F8O2. The first-order chi connectivity index (χ1) is 10.8. The molecule has 0 aromatic carbocycles. The molecule has 0 rings (SSSR count). The van der Waals surface area contributed by atoms with Crippen molar-refractivity contribution in [2.75, 3.05) is 0 Å². The number of hydrogen-bond donors (Lipinski definition) is 0. The number of halogens is 8. The van der Waals surface area contributed by atoms with E-state index in [0.29, 0.717) is 12.2 Å². The van der Waals surface area contributed by atoms with E-state index in [-0.39, 0.29) is 0 Å². The molecule has 0 bridgehead atoms. The van der Waals surface area contributed by atoms with Gasteiger partial charge in [0.15, 0.2) is 0 Å². The van der Waals surface area contributed by atoms with Crippen molar-refractivity contribution in [2.24, 2.45) is 0 Å². The van der Waals surface area contributed by atoms with E-state index < -0.39 is 25.1 Å². The molecule has 0 N–H and O–H groups in total. The highest BCUT2D eigenvalue weighted by Crippen LogP contribution is 2.30. The van der Waals surface area contributed by atoms with Gasteiger partial charge >= 0.3 is 12.4 Å². The third kappa shape index (κ3) is 11.8. The van der Waals surface area contributed by atoms with Crippen molar-refractivity contribution in [3.05, 3.63) is 0 Å². The molecule has 2 atom stereocenters. The van der Waals surface area contributed by atoms with Gasteiger partial charge in [-0.1, -0.05) is 27.7 Å². The summed E-state index contributed by atoms with van der Waals surface area (Å²) in [5.41, 5.74) is 0. The van der Waals surface area contributed by atoms with E-state index >= 15 is 0 Å². The second-order valence-corrected chi connectivity index (χ2v) is 4.86. The van der Waals surface area contributed by atoms with Gasteiger partial charge in [0.05, 0.1) is 12.2 Å². The van der Waals surface area contributed by atoms with Crippen molar-refractivity contribution in [3.63, 3.8) is 0 Å². The Morgan fingerprint density at radius 2 is 0.833 bits per heavy atom. The smallest absolute Gasteiger partial charge is 0.375 e. The molecule has 0 saturated heterocycles. The van der Waals surface area contributed by atoms with Crippen LogP contribution in [-0.2, 0) is 9.47 Å². The minimum Gasteiger partial charge on any atom is -0.375 e. The Hall–Kier alpha value is -0.640. The Kier molecular flexibility index (Phi) is 12.6. The lowest BCUT2D eigenvalue weighted by Gasteiger charge is -2.20. The lowest BCUT2D eigenvalue weighted by atomic mass is 10.2. The highest BCUT2D eigenvalue weighted by Gasteiger charge is 2.49. The molecule has 0 aliphatic heterocycles. The zero-order chi connectivity index (χ0) is 19.6. The molecule has 0 aromatic heterocycles. The highest BCUT2D eigenvalue weighted by atomic mass is 19.4. The fourth-order valence-corrected chi connectivity index (χ4v) is 1.49. The SMILES string of the molecule is CCC(CC)OC(CC)CC.FC(OC(F)C(F)(F)F)C(F)(F)F. The van der Waals surface area contributed by atoms with Crippen molar-refractivity contribution < 1.29 is 44.6 Å². The standard InChI is InChI=1S/C10H22O.C4H2F8O/c1-5-9(6-2)11-10(7-3)8-4;5-1(3(7,8)9)13-2(6)4(10,11)12/h9-10H,5-8H2,1-4H3;1-2H. The summed E-state index contributed by atoms with van der Waals surface area (Å²) in [7, 11) is 0. The van der Waals surface area contributed by atoms with Crippen molar-refractivity contribution in [1.29, 1.82) is 0 Å². The Bertz CT molecular complexity index is 270. The molecule has 0 aliphatic carbocycles. The van der Waals surface area contributed by atoms with Crippen LogP contribution < -0.4 is 0 Å². The summed E-state index contributed by atoms with van der Waals surface area (Å²) in [6.07, 6.45) is -14.4. The number of ether oxygens (including phenoxy) is 2. The van der Waals surface area contributed by atoms with Crippen LogP contribution in [0, 0.1) is 0 Å². The summed E-state index contributed by atoms with van der Waals surface area (Å²) in [4.78, 5) is 0. The molecule has 0 aromatic rings. The third-order valence-corrected chi connectivity index (χ3v) is 2.96. The first-order valence-corrected chi connectivity index (χ1v) is 7.55. The van der Waals surface area contributed by atoms with E-state index in [2.05, 4.69) is 32.4 Å². The lowest BCUT2D eigenvalue weighted by Crippen LogP contribution is -2.36. The van der Waals surface area contributed by atoms with E-state index in [4.69, 9.17) is 4.74 Å². The Balaban J connectivity index is 0. The van der Waals surface area contributed by atoms with Crippen LogP contribution in [0.15, 0.2) is 0 Å². The predicted octanol–water partition coefficient (Wildman–Crippen LogP) is 6.10. The topological polar surface area (TPSA) is 18.5 Å². The normalized spacial score (nSPS) is 15.2. The summed E-state index contributed by atoms with van der Waals surface area (Å²) in [6, 6.07) is 0. The van der Waals surface area contributed by atoms with Crippen molar-refractivity contribution in [2.45, 2.75) is 90.7 Å². The summed E-state index contributed by atoms with van der Waals surface area (Å²) in [5, 5.41) is 0. The molecule has 2 nitrogen and oxygen atoms in total. The van der Waals surface area contributed by atoms with Crippen LogP contribution in [0.3, 0.4) is 0 Å². The quantitative estimate of drug-likeness (QED) is 0.477. The molecule has 0 heterocycles. The van der Waals surface area contributed by atoms with Gasteiger partial charge < -0.3 is 4.74 Å². The molecule has 0 spiro atoms. The first-order valence-electron chi connectivity index (χ1n) is 7.55. The molecule has 0 saturated carbocycles. The van der Waals surface area contributed by atoms with Gasteiger partial charge in [0.2, 0.25) is 0 Å². The molecule has 0 radical (unpaired) electrons. The molecule has 0 aliphatic rings. The molecule has 24 heavy (non-hydrogen) atoms.